The van der Waals surface area contributed by atoms with Crippen LogP contribution in [0, 0.1) is 5.41 Å². The standard InChI is InChI=1S/C11H23N/c1-10(2,3)9-11(4)7-6-8-12(11)5/h6-9H2,1-5H3/t11-/m0/s1. The molecular formula is C11H23N. The SMILES string of the molecule is CN1CCC[C@@]1(C)CC(C)(C)C. The van der Waals surface area contributed by atoms with E-state index in [1.165, 1.54) is 25.8 Å². The predicted octanol–water partition coefficient (Wildman–Crippen LogP) is 2.91. The summed E-state index contributed by atoms with van der Waals surface area (Å²) in [4.78, 5) is 2.53. The normalized spacial score (nSPS) is 32.8. The summed E-state index contributed by atoms with van der Waals surface area (Å²) in [6.07, 6.45) is 4.07. The molecule has 12 heavy (non-hydrogen) atoms. The third-order valence-corrected chi connectivity index (χ3v) is 3.04. The lowest BCUT2D eigenvalue weighted by Crippen LogP contribution is -2.41. The van der Waals surface area contributed by atoms with Crippen molar-refractivity contribution in [2.75, 3.05) is 13.6 Å². The summed E-state index contributed by atoms with van der Waals surface area (Å²) in [6.45, 7) is 10.7. The molecule has 0 aromatic carbocycles. The van der Waals surface area contributed by atoms with Gasteiger partial charge in [0.1, 0.15) is 0 Å². The number of hydrogen-bond donors (Lipinski definition) is 0. The fourth-order valence-corrected chi connectivity index (χ4v) is 2.52. The van der Waals surface area contributed by atoms with E-state index in [1.807, 2.05) is 0 Å². The highest BCUT2D eigenvalue weighted by molar-refractivity contribution is 4.92. The molecule has 0 saturated carbocycles. The lowest BCUT2D eigenvalue weighted by atomic mass is 9.79. The van der Waals surface area contributed by atoms with E-state index in [-0.39, 0.29) is 0 Å². The van der Waals surface area contributed by atoms with Gasteiger partial charge >= 0.3 is 0 Å². The van der Waals surface area contributed by atoms with Gasteiger partial charge in [0.2, 0.25) is 0 Å². The van der Waals surface area contributed by atoms with Crippen molar-refractivity contribution in [3.8, 4) is 0 Å². The summed E-state index contributed by atoms with van der Waals surface area (Å²) >= 11 is 0. The number of likely N-dealkylation sites (tertiary alicyclic amines) is 1. The van der Waals surface area contributed by atoms with Crippen molar-refractivity contribution in [3.05, 3.63) is 0 Å². The van der Waals surface area contributed by atoms with Crippen LogP contribution in [-0.4, -0.2) is 24.0 Å². The van der Waals surface area contributed by atoms with E-state index < -0.39 is 0 Å². The first-order valence-electron chi connectivity index (χ1n) is 5.05. The molecule has 0 bridgehead atoms. The van der Waals surface area contributed by atoms with Crippen molar-refractivity contribution in [3.63, 3.8) is 0 Å². The number of hydrogen-bond acceptors (Lipinski definition) is 1. The second-order valence-corrected chi connectivity index (χ2v) is 5.76. The Balaban J connectivity index is 2.60. The highest BCUT2D eigenvalue weighted by Crippen LogP contribution is 2.37. The zero-order valence-corrected chi connectivity index (χ0v) is 9.28. The Bertz CT molecular complexity index is 157. The molecule has 0 unspecified atom stereocenters. The first kappa shape index (κ1) is 10.0. The van der Waals surface area contributed by atoms with Crippen molar-refractivity contribution in [1.29, 1.82) is 0 Å². The minimum absolute atomic E-state index is 0.466. The van der Waals surface area contributed by atoms with Gasteiger partial charge in [0, 0.05) is 5.54 Å². The lowest BCUT2D eigenvalue weighted by Gasteiger charge is -2.37. The molecule has 1 nitrogen and oxygen atoms in total. The summed E-state index contributed by atoms with van der Waals surface area (Å²) in [5.41, 5.74) is 0.936. The summed E-state index contributed by atoms with van der Waals surface area (Å²) in [6, 6.07) is 0. The van der Waals surface area contributed by atoms with Gasteiger partial charge in [-0.2, -0.15) is 0 Å². The average Bonchev–Trinajstić information content (AvgIpc) is 2.08. The summed E-state index contributed by atoms with van der Waals surface area (Å²) in [5, 5.41) is 0. The van der Waals surface area contributed by atoms with Crippen LogP contribution < -0.4 is 0 Å². The molecule has 1 heteroatoms. The van der Waals surface area contributed by atoms with Gasteiger partial charge in [0.15, 0.2) is 0 Å². The lowest BCUT2D eigenvalue weighted by molar-refractivity contribution is 0.130. The van der Waals surface area contributed by atoms with E-state index >= 15 is 0 Å². The quantitative estimate of drug-likeness (QED) is 0.583. The second kappa shape index (κ2) is 3.02. The molecule has 0 aromatic heterocycles. The van der Waals surface area contributed by atoms with E-state index in [0.717, 1.165) is 0 Å². The summed E-state index contributed by atoms with van der Waals surface area (Å²) in [5.74, 6) is 0. The van der Waals surface area contributed by atoms with Crippen molar-refractivity contribution in [1.82, 2.24) is 4.90 Å². The predicted molar refractivity (Wildman–Crippen MR) is 54.3 cm³/mol. The monoisotopic (exact) mass is 169 g/mol. The van der Waals surface area contributed by atoms with Crippen LogP contribution in [-0.2, 0) is 0 Å². The molecule has 1 heterocycles. The Kier molecular flexibility index (Phi) is 2.53. The first-order valence-corrected chi connectivity index (χ1v) is 5.05. The van der Waals surface area contributed by atoms with Gasteiger partial charge in [-0.1, -0.05) is 20.8 Å². The van der Waals surface area contributed by atoms with Gasteiger partial charge in [0.05, 0.1) is 0 Å². The largest absolute Gasteiger partial charge is 0.301 e. The van der Waals surface area contributed by atoms with Crippen LogP contribution in [0.1, 0.15) is 47.0 Å². The smallest absolute Gasteiger partial charge is 0.0183 e. The van der Waals surface area contributed by atoms with E-state index in [2.05, 4.69) is 39.6 Å². The van der Waals surface area contributed by atoms with E-state index in [9.17, 15) is 0 Å². The topological polar surface area (TPSA) is 3.24 Å². The molecule has 1 aliphatic heterocycles. The number of nitrogens with zero attached hydrogens (tertiary/aromatic N) is 1. The maximum atomic E-state index is 2.53. The molecule has 1 rings (SSSR count). The maximum absolute atomic E-state index is 2.53. The molecular weight excluding hydrogens is 146 g/mol. The van der Waals surface area contributed by atoms with E-state index in [0.29, 0.717) is 11.0 Å². The number of rotatable bonds is 1. The van der Waals surface area contributed by atoms with Gasteiger partial charge in [-0.3, -0.25) is 0 Å². The Morgan fingerprint density at radius 3 is 2.25 bits per heavy atom. The minimum Gasteiger partial charge on any atom is -0.301 e. The zero-order chi connectivity index (χ0) is 9.41. The third-order valence-electron chi connectivity index (χ3n) is 3.04. The summed E-state index contributed by atoms with van der Waals surface area (Å²) in [7, 11) is 2.26. The molecule has 0 aromatic rings. The Morgan fingerprint density at radius 1 is 1.33 bits per heavy atom. The molecule has 1 atom stereocenters. The third kappa shape index (κ3) is 2.22. The highest BCUT2D eigenvalue weighted by Gasteiger charge is 2.36. The molecule has 1 saturated heterocycles. The second-order valence-electron chi connectivity index (χ2n) is 5.76. The van der Waals surface area contributed by atoms with Crippen molar-refractivity contribution >= 4 is 0 Å². The van der Waals surface area contributed by atoms with Gasteiger partial charge in [0.25, 0.3) is 0 Å². The van der Waals surface area contributed by atoms with Crippen molar-refractivity contribution < 1.29 is 0 Å². The molecule has 0 aliphatic carbocycles. The molecule has 1 fully saturated rings. The minimum atomic E-state index is 0.466. The van der Waals surface area contributed by atoms with Crippen molar-refractivity contribution in [2.24, 2.45) is 5.41 Å². The van der Waals surface area contributed by atoms with Crippen LogP contribution in [0.3, 0.4) is 0 Å². The fourth-order valence-electron chi connectivity index (χ4n) is 2.52. The van der Waals surface area contributed by atoms with Crippen LogP contribution in [0.2, 0.25) is 0 Å². The molecule has 1 aliphatic rings. The molecule has 72 valence electrons. The van der Waals surface area contributed by atoms with Gasteiger partial charge in [-0.05, 0) is 45.2 Å². The van der Waals surface area contributed by atoms with E-state index in [4.69, 9.17) is 0 Å². The Labute approximate surface area is 77.1 Å². The van der Waals surface area contributed by atoms with Gasteiger partial charge in [-0.25, -0.2) is 0 Å². The molecule has 0 amide bonds. The molecule has 0 spiro atoms. The van der Waals surface area contributed by atoms with E-state index in [1.54, 1.807) is 0 Å². The first-order chi connectivity index (χ1) is 5.33. The zero-order valence-electron chi connectivity index (χ0n) is 9.28. The van der Waals surface area contributed by atoms with Gasteiger partial charge in [-0.15, -0.1) is 0 Å². The highest BCUT2D eigenvalue weighted by atomic mass is 15.2. The fraction of sp³-hybridized carbons (Fsp3) is 1.00. The van der Waals surface area contributed by atoms with Crippen LogP contribution in [0.4, 0.5) is 0 Å². The van der Waals surface area contributed by atoms with Crippen LogP contribution in [0.15, 0.2) is 0 Å². The van der Waals surface area contributed by atoms with Crippen LogP contribution >= 0.6 is 0 Å². The Morgan fingerprint density at radius 2 is 1.92 bits per heavy atom. The Hall–Kier alpha value is -0.0400. The molecule has 0 radical (unpaired) electrons. The van der Waals surface area contributed by atoms with Gasteiger partial charge < -0.3 is 4.90 Å². The molecule has 0 N–H and O–H groups in total. The van der Waals surface area contributed by atoms with Crippen LogP contribution in [0.25, 0.3) is 0 Å². The van der Waals surface area contributed by atoms with Crippen molar-refractivity contribution in [2.45, 2.75) is 52.5 Å². The van der Waals surface area contributed by atoms with Crippen LogP contribution in [0.5, 0.6) is 0 Å². The summed E-state index contributed by atoms with van der Waals surface area (Å²) < 4.78 is 0. The maximum Gasteiger partial charge on any atom is 0.0183 e. The average molecular weight is 169 g/mol.